The van der Waals surface area contributed by atoms with Crippen LogP contribution in [0.25, 0.3) is 0 Å². The van der Waals surface area contributed by atoms with Gasteiger partial charge in [0, 0.05) is 12.1 Å². The van der Waals surface area contributed by atoms with Crippen LogP contribution in [0.4, 0.5) is 39.5 Å². The molecule has 0 saturated heterocycles. The molecule has 4 rings (SSSR count). The Bertz CT molecular complexity index is 1130. The Balaban J connectivity index is 1.40. The van der Waals surface area contributed by atoms with Gasteiger partial charge in [-0.1, -0.05) is 39.0 Å². The topological polar surface area (TPSA) is 18.5 Å². The molecule has 228 valence electrons. The fraction of sp³-hybridized carbons (Fsp3) is 0.600. The molecule has 2 aromatic carbocycles. The molecule has 2 saturated carbocycles. The molecule has 2 nitrogen and oxygen atoms in total. The Morgan fingerprint density at radius 1 is 0.683 bits per heavy atom. The van der Waals surface area contributed by atoms with Gasteiger partial charge in [-0.15, -0.1) is 13.2 Å². The number of hydrogen-bond donors (Lipinski definition) is 0. The molecule has 2 aliphatic carbocycles. The smallest absolute Gasteiger partial charge is 0.429 e. The van der Waals surface area contributed by atoms with Crippen molar-refractivity contribution in [1.29, 1.82) is 0 Å². The van der Waals surface area contributed by atoms with E-state index in [9.17, 15) is 39.5 Å². The minimum atomic E-state index is -5.45. The minimum absolute atomic E-state index is 0.00163. The summed E-state index contributed by atoms with van der Waals surface area (Å²) in [7, 11) is 0. The lowest BCUT2D eigenvalue weighted by atomic mass is 9.68. The summed E-state index contributed by atoms with van der Waals surface area (Å²) < 4.78 is 131. The molecule has 0 N–H and O–H groups in total. The Kier molecular flexibility index (Phi) is 9.74. The van der Waals surface area contributed by atoms with E-state index in [0.717, 1.165) is 30.9 Å². The summed E-state index contributed by atoms with van der Waals surface area (Å²) in [4.78, 5) is 0. The molecule has 0 heterocycles. The van der Waals surface area contributed by atoms with E-state index >= 15 is 0 Å². The van der Waals surface area contributed by atoms with Crippen molar-refractivity contribution in [2.75, 3.05) is 0 Å². The van der Waals surface area contributed by atoms with Gasteiger partial charge in [0.15, 0.2) is 11.6 Å². The van der Waals surface area contributed by atoms with Gasteiger partial charge >= 0.3 is 12.5 Å². The average molecular weight is 597 g/mol. The number of unbranched alkanes of at least 4 members (excludes halogenated alkanes) is 1. The highest BCUT2D eigenvalue weighted by atomic mass is 19.4. The maximum absolute atomic E-state index is 14.9. The Labute approximate surface area is 233 Å². The summed E-state index contributed by atoms with van der Waals surface area (Å²) in [5.41, 5.74) is -1.53. The largest absolute Gasteiger partial charge is 0.573 e. The Hall–Kier alpha value is -2.59. The highest BCUT2D eigenvalue weighted by Crippen LogP contribution is 2.46. The lowest BCUT2D eigenvalue weighted by Gasteiger charge is -2.38. The normalized spacial score (nSPS) is 23.9. The molecule has 11 heteroatoms. The van der Waals surface area contributed by atoms with Gasteiger partial charge in [-0.3, -0.25) is 0 Å². The zero-order valence-electron chi connectivity index (χ0n) is 22.6. The summed E-state index contributed by atoms with van der Waals surface area (Å²) in [6.45, 7) is 2.20. The van der Waals surface area contributed by atoms with E-state index in [1.54, 1.807) is 0 Å². The van der Waals surface area contributed by atoms with E-state index in [1.807, 2.05) is 0 Å². The third-order valence-corrected chi connectivity index (χ3v) is 8.56. The molecule has 41 heavy (non-hydrogen) atoms. The van der Waals surface area contributed by atoms with Gasteiger partial charge in [0.05, 0.1) is 0 Å². The van der Waals surface area contributed by atoms with Crippen molar-refractivity contribution in [2.24, 2.45) is 17.8 Å². The molecule has 0 bridgehead atoms. The number of halogens is 9. The molecule has 0 amide bonds. The van der Waals surface area contributed by atoms with Crippen molar-refractivity contribution >= 4 is 0 Å². The third kappa shape index (κ3) is 7.83. The van der Waals surface area contributed by atoms with Crippen LogP contribution in [-0.2, 0) is 6.11 Å². The lowest BCUT2D eigenvalue weighted by molar-refractivity contribution is -0.276. The van der Waals surface area contributed by atoms with Crippen LogP contribution in [0.2, 0.25) is 0 Å². The molecular formula is C30H33F9O2. The average Bonchev–Trinajstić information content (AvgIpc) is 2.88. The van der Waals surface area contributed by atoms with Crippen LogP contribution in [0.5, 0.6) is 11.5 Å². The second-order valence-corrected chi connectivity index (χ2v) is 11.3. The first kappa shape index (κ1) is 31.3. The van der Waals surface area contributed by atoms with Crippen LogP contribution in [0.3, 0.4) is 0 Å². The van der Waals surface area contributed by atoms with Crippen molar-refractivity contribution < 1.29 is 49.0 Å². The first-order valence-electron chi connectivity index (χ1n) is 14.1. The summed E-state index contributed by atoms with van der Waals surface area (Å²) in [6, 6.07) is 1.64. The summed E-state index contributed by atoms with van der Waals surface area (Å²) >= 11 is 0. The SMILES string of the molecule is CCCCC1CCC(C2CCC(c3cc(F)c(C(F)(F)Oc4cc(F)c(OC(F)(F)F)c(F)c4)c(F)c3)CC2)CC1. The van der Waals surface area contributed by atoms with Gasteiger partial charge in [-0.25, -0.2) is 17.6 Å². The van der Waals surface area contributed by atoms with Gasteiger partial charge in [-0.2, -0.15) is 8.78 Å². The van der Waals surface area contributed by atoms with E-state index in [0.29, 0.717) is 24.7 Å². The van der Waals surface area contributed by atoms with Crippen molar-refractivity contribution in [3.05, 3.63) is 58.7 Å². The highest BCUT2D eigenvalue weighted by molar-refractivity contribution is 5.37. The molecule has 0 aromatic heterocycles. The Morgan fingerprint density at radius 3 is 1.68 bits per heavy atom. The van der Waals surface area contributed by atoms with Crippen molar-refractivity contribution in [3.8, 4) is 11.5 Å². The quantitative estimate of drug-likeness (QED) is 0.268. The van der Waals surface area contributed by atoms with Crippen molar-refractivity contribution in [3.63, 3.8) is 0 Å². The van der Waals surface area contributed by atoms with Crippen LogP contribution >= 0.6 is 0 Å². The zero-order chi connectivity index (χ0) is 29.9. The number of ether oxygens (including phenoxy) is 2. The molecule has 2 aliphatic rings. The van der Waals surface area contributed by atoms with E-state index in [4.69, 9.17) is 0 Å². The number of rotatable bonds is 9. The van der Waals surface area contributed by atoms with Crippen LogP contribution in [0, 0.1) is 41.0 Å². The van der Waals surface area contributed by atoms with Gasteiger partial charge < -0.3 is 9.47 Å². The van der Waals surface area contributed by atoms with Crippen molar-refractivity contribution in [1.82, 2.24) is 0 Å². The first-order chi connectivity index (χ1) is 19.3. The summed E-state index contributed by atoms with van der Waals surface area (Å²) in [6.07, 6.45) is 1.58. The standard InChI is InChI=1S/C30H33F9O2/c1-2-3-4-17-5-7-18(8-6-17)19-9-11-20(12-10-19)21-13-23(31)27(24(32)14-21)29(35,36)40-22-15-25(33)28(26(34)16-22)41-30(37,38)39/h13-20H,2-12H2,1H3. The maximum atomic E-state index is 14.9. The predicted molar refractivity (Wildman–Crippen MR) is 134 cm³/mol. The highest BCUT2D eigenvalue weighted by Gasteiger charge is 2.42. The number of hydrogen-bond acceptors (Lipinski definition) is 2. The predicted octanol–water partition coefficient (Wildman–Crippen LogP) is 10.5. The van der Waals surface area contributed by atoms with Crippen molar-refractivity contribution in [2.45, 2.75) is 95.9 Å². The zero-order valence-corrected chi connectivity index (χ0v) is 22.6. The molecule has 0 radical (unpaired) electrons. The Morgan fingerprint density at radius 2 is 1.20 bits per heavy atom. The fourth-order valence-electron chi connectivity index (χ4n) is 6.48. The lowest BCUT2D eigenvalue weighted by Crippen LogP contribution is -2.27. The molecule has 0 atom stereocenters. The third-order valence-electron chi connectivity index (χ3n) is 8.56. The number of alkyl halides is 5. The van der Waals surface area contributed by atoms with E-state index in [1.165, 1.54) is 44.9 Å². The van der Waals surface area contributed by atoms with Gasteiger partial charge in [0.25, 0.3) is 0 Å². The van der Waals surface area contributed by atoms with E-state index in [2.05, 4.69) is 16.4 Å². The molecule has 0 unspecified atom stereocenters. The van der Waals surface area contributed by atoms with Gasteiger partial charge in [0.2, 0.25) is 5.75 Å². The van der Waals surface area contributed by atoms with E-state index < -0.39 is 52.8 Å². The maximum Gasteiger partial charge on any atom is 0.573 e. The molecular weight excluding hydrogens is 563 g/mol. The number of benzene rings is 2. The van der Waals surface area contributed by atoms with Crippen LogP contribution in [0.15, 0.2) is 24.3 Å². The van der Waals surface area contributed by atoms with Crippen LogP contribution in [0.1, 0.15) is 94.6 Å². The summed E-state index contributed by atoms with van der Waals surface area (Å²) in [5, 5.41) is 0. The van der Waals surface area contributed by atoms with Gasteiger partial charge in [-0.05, 0) is 79.9 Å². The summed E-state index contributed by atoms with van der Waals surface area (Å²) in [5.74, 6) is -8.59. The molecule has 2 fully saturated rings. The van der Waals surface area contributed by atoms with Crippen LogP contribution < -0.4 is 9.47 Å². The first-order valence-corrected chi connectivity index (χ1v) is 14.1. The fourth-order valence-corrected chi connectivity index (χ4v) is 6.48. The monoisotopic (exact) mass is 596 g/mol. The van der Waals surface area contributed by atoms with Gasteiger partial charge in [0.1, 0.15) is 22.9 Å². The molecule has 2 aromatic rings. The molecule has 0 spiro atoms. The van der Waals surface area contributed by atoms with E-state index in [-0.39, 0.29) is 23.6 Å². The van der Waals surface area contributed by atoms with Crippen LogP contribution in [-0.4, -0.2) is 6.36 Å². The second kappa shape index (κ2) is 12.7. The molecule has 0 aliphatic heterocycles. The minimum Gasteiger partial charge on any atom is -0.429 e. The second-order valence-electron chi connectivity index (χ2n) is 11.3.